The lowest BCUT2D eigenvalue weighted by Gasteiger charge is -2.46. The third-order valence-electron chi connectivity index (χ3n) is 7.86. The van der Waals surface area contributed by atoms with Gasteiger partial charge in [-0.1, -0.05) is 20.4 Å². The Balaban J connectivity index is 1.76. The fourth-order valence-electron chi connectivity index (χ4n) is 7.11. The monoisotopic (exact) mass is 332 g/mol. The van der Waals surface area contributed by atoms with Crippen molar-refractivity contribution in [2.24, 2.45) is 28.6 Å². The highest BCUT2D eigenvalue weighted by atomic mass is 16.7. The maximum Gasteiger partial charge on any atom is 0.307 e. The normalized spacial score (nSPS) is 55.9. The van der Waals surface area contributed by atoms with Crippen molar-refractivity contribution in [3.8, 4) is 0 Å². The largest absolute Gasteiger partial charge is 0.481 e. The molecule has 0 aromatic rings. The van der Waals surface area contributed by atoms with Crippen LogP contribution in [0.4, 0.5) is 0 Å². The third kappa shape index (κ3) is 1.33. The lowest BCUT2D eigenvalue weighted by molar-refractivity contribution is -0.197. The standard InChI is InChI=1S/C19H24O5/c1-10-8-17-9-18(10,22)5-4-11(17)19-6-7-23-15(24-19)16(2,3)13(19)12(17)14(20)21/h6-7,11-13,15,22H,1,4-5,8-9H2,2-3H3,(H,20,21)/t11-,12-,13-,15?,17+,18+,19-/m1/s1. The average molecular weight is 332 g/mol. The first-order chi connectivity index (χ1) is 11.2. The third-order valence-corrected chi connectivity index (χ3v) is 7.86. The molecule has 0 aromatic heterocycles. The van der Waals surface area contributed by atoms with E-state index >= 15 is 0 Å². The number of hydrogen-bond acceptors (Lipinski definition) is 4. The van der Waals surface area contributed by atoms with Crippen LogP contribution >= 0.6 is 0 Å². The van der Waals surface area contributed by atoms with Gasteiger partial charge in [-0.3, -0.25) is 4.79 Å². The molecule has 0 amide bonds. The van der Waals surface area contributed by atoms with Crippen molar-refractivity contribution in [2.75, 3.05) is 0 Å². The average Bonchev–Trinajstić information content (AvgIpc) is 2.90. The van der Waals surface area contributed by atoms with Gasteiger partial charge in [-0.2, -0.15) is 0 Å². The molecule has 2 spiro atoms. The van der Waals surface area contributed by atoms with Crippen LogP contribution < -0.4 is 0 Å². The summed E-state index contributed by atoms with van der Waals surface area (Å²) in [6, 6.07) is 0. The maximum atomic E-state index is 12.4. The summed E-state index contributed by atoms with van der Waals surface area (Å²) < 4.78 is 12.1. The number of fused-ring (bicyclic) bond motifs is 2. The van der Waals surface area contributed by atoms with Crippen LogP contribution in [0.2, 0.25) is 0 Å². The van der Waals surface area contributed by atoms with Gasteiger partial charge in [0.05, 0.1) is 17.8 Å². The van der Waals surface area contributed by atoms with Gasteiger partial charge in [0.2, 0.25) is 6.29 Å². The molecule has 1 saturated heterocycles. The van der Waals surface area contributed by atoms with Gasteiger partial charge in [-0.15, -0.1) is 0 Å². The van der Waals surface area contributed by atoms with Crippen LogP contribution in [-0.4, -0.2) is 33.7 Å². The number of aliphatic hydroxyl groups is 1. The molecule has 5 aliphatic rings. The molecule has 130 valence electrons. The highest BCUT2D eigenvalue weighted by Gasteiger charge is 2.81. The van der Waals surface area contributed by atoms with Crippen molar-refractivity contribution in [1.82, 2.24) is 0 Å². The molecule has 4 fully saturated rings. The number of ether oxygens (including phenoxy) is 2. The van der Waals surface area contributed by atoms with Gasteiger partial charge in [0, 0.05) is 11.3 Å². The van der Waals surface area contributed by atoms with E-state index in [9.17, 15) is 15.0 Å². The molecule has 3 saturated carbocycles. The highest BCUT2D eigenvalue weighted by Crippen LogP contribution is 2.77. The van der Waals surface area contributed by atoms with Crippen LogP contribution in [0.1, 0.15) is 39.5 Å². The van der Waals surface area contributed by atoms with Crippen LogP contribution in [0.25, 0.3) is 0 Å². The SMILES string of the molecule is C=C1C[C@]23C[C@@]1(O)CC[C@H]2[C@@]12C=COC(O1)C(C)(C)[C@H]2[C@@H]3C(=O)O. The molecular weight excluding hydrogens is 308 g/mol. The first-order valence-corrected chi connectivity index (χ1v) is 8.82. The molecule has 5 heteroatoms. The van der Waals surface area contributed by atoms with Gasteiger partial charge in [0.25, 0.3) is 0 Å². The molecule has 5 nitrogen and oxygen atoms in total. The van der Waals surface area contributed by atoms with Crippen LogP contribution in [0.15, 0.2) is 24.5 Å². The molecule has 0 aromatic carbocycles. The Morgan fingerprint density at radius 2 is 2.17 bits per heavy atom. The predicted octanol–water partition coefficient (Wildman–Crippen LogP) is 2.46. The Bertz CT molecular complexity index is 696. The zero-order valence-corrected chi connectivity index (χ0v) is 14.1. The Labute approximate surface area is 141 Å². The Kier molecular flexibility index (Phi) is 2.44. The van der Waals surface area contributed by atoms with Gasteiger partial charge in [0.1, 0.15) is 5.60 Å². The Hall–Kier alpha value is -1.33. The van der Waals surface area contributed by atoms with Crippen molar-refractivity contribution in [1.29, 1.82) is 0 Å². The Morgan fingerprint density at radius 3 is 2.88 bits per heavy atom. The number of carboxylic acids is 1. The second kappa shape index (κ2) is 3.91. The Morgan fingerprint density at radius 1 is 1.42 bits per heavy atom. The summed E-state index contributed by atoms with van der Waals surface area (Å²) in [4.78, 5) is 12.4. The van der Waals surface area contributed by atoms with Crippen LogP contribution in [0, 0.1) is 28.6 Å². The number of rotatable bonds is 1. The molecule has 2 N–H and O–H groups in total. The first kappa shape index (κ1) is 15.0. The number of carboxylic acid groups (broad SMARTS) is 1. The minimum atomic E-state index is -0.905. The van der Waals surface area contributed by atoms with Gasteiger partial charge in [-0.05, 0) is 48.7 Å². The quantitative estimate of drug-likeness (QED) is 0.722. The van der Waals surface area contributed by atoms with Gasteiger partial charge in [0.15, 0.2) is 0 Å². The smallest absolute Gasteiger partial charge is 0.307 e. The van der Waals surface area contributed by atoms with E-state index in [4.69, 9.17) is 9.47 Å². The van der Waals surface area contributed by atoms with Crippen LogP contribution in [0.5, 0.6) is 0 Å². The van der Waals surface area contributed by atoms with E-state index in [-0.39, 0.29) is 11.8 Å². The lowest BCUT2D eigenvalue weighted by atomic mass is 9.62. The minimum Gasteiger partial charge on any atom is -0.481 e. The van der Waals surface area contributed by atoms with E-state index in [1.54, 1.807) is 6.26 Å². The summed E-state index contributed by atoms with van der Waals surface area (Å²) in [7, 11) is 0. The van der Waals surface area contributed by atoms with Crippen molar-refractivity contribution < 1.29 is 24.5 Å². The predicted molar refractivity (Wildman–Crippen MR) is 84.7 cm³/mol. The zero-order chi connectivity index (χ0) is 17.1. The zero-order valence-electron chi connectivity index (χ0n) is 14.1. The second-order valence-corrected chi connectivity index (χ2v) is 9.17. The summed E-state index contributed by atoms with van der Waals surface area (Å²) in [5, 5.41) is 21.2. The van der Waals surface area contributed by atoms with E-state index in [2.05, 4.69) is 20.4 Å². The molecule has 4 bridgehead atoms. The number of hydrogen-bond donors (Lipinski definition) is 2. The first-order valence-electron chi connectivity index (χ1n) is 8.82. The maximum absolute atomic E-state index is 12.4. The fraction of sp³-hybridized carbons (Fsp3) is 0.737. The van der Waals surface area contributed by atoms with Crippen LogP contribution in [-0.2, 0) is 14.3 Å². The second-order valence-electron chi connectivity index (χ2n) is 9.17. The van der Waals surface area contributed by atoms with E-state index in [0.717, 1.165) is 12.0 Å². The van der Waals surface area contributed by atoms with Crippen molar-refractivity contribution in [3.05, 3.63) is 24.5 Å². The summed E-state index contributed by atoms with van der Waals surface area (Å²) in [5.74, 6) is -1.41. The summed E-state index contributed by atoms with van der Waals surface area (Å²) in [6.45, 7) is 8.20. The molecule has 2 aliphatic heterocycles. The summed E-state index contributed by atoms with van der Waals surface area (Å²) in [5.41, 5.74) is -1.57. The minimum absolute atomic E-state index is 0.0834. The topological polar surface area (TPSA) is 76.0 Å². The van der Waals surface area contributed by atoms with Crippen molar-refractivity contribution in [3.63, 3.8) is 0 Å². The molecule has 5 rings (SSSR count). The van der Waals surface area contributed by atoms with E-state index in [1.807, 2.05) is 6.08 Å². The molecule has 0 radical (unpaired) electrons. The molecule has 1 unspecified atom stereocenters. The highest BCUT2D eigenvalue weighted by molar-refractivity contribution is 5.74. The molecular formula is C19H24O5. The van der Waals surface area contributed by atoms with Crippen LogP contribution in [0.3, 0.4) is 0 Å². The van der Waals surface area contributed by atoms with Gasteiger partial charge < -0.3 is 19.7 Å². The summed E-state index contributed by atoms with van der Waals surface area (Å²) >= 11 is 0. The lowest BCUT2D eigenvalue weighted by Crippen LogP contribution is -2.48. The molecule has 2 heterocycles. The molecule has 24 heavy (non-hydrogen) atoms. The summed E-state index contributed by atoms with van der Waals surface area (Å²) in [6.07, 6.45) is 5.75. The fourth-order valence-corrected chi connectivity index (χ4v) is 7.11. The number of carbonyl (C=O) groups is 1. The van der Waals surface area contributed by atoms with Gasteiger partial charge >= 0.3 is 5.97 Å². The van der Waals surface area contributed by atoms with E-state index in [0.29, 0.717) is 19.3 Å². The van der Waals surface area contributed by atoms with Gasteiger partial charge in [-0.25, -0.2) is 0 Å². The van der Waals surface area contributed by atoms with E-state index in [1.165, 1.54) is 0 Å². The van der Waals surface area contributed by atoms with Crippen molar-refractivity contribution in [2.45, 2.75) is 57.0 Å². The van der Waals surface area contributed by atoms with E-state index < -0.39 is 40.2 Å². The van der Waals surface area contributed by atoms with Crippen molar-refractivity contribution >= 4 is 5.97 Å². The molecule has 7 atom stereocenters. The number of aliphatic carboxylic acids is 1. The molecule has 3 aliphatic carbocycles.